The van der Waals surface area contributed by atoms with Crippen molar-refractivity contribution in [1.82, 2.24) is 5.43 Å². The molecule has 6 heteroatoms. The molecule has 0 atom stereocenters. The third-order valence-corrected chi connectivity index (χ3v) is 1.58. The first kappa shape index (κ1) is 12.4. The Bertz CT molecular complexity index is 238. The van der Waals surface area contributed by atoms with Crippen LogP contribution in [0.1, 0.15) is 26.2 Å². The van der Waals surface area contributed by atoms with Gasteiger partial charge in [-0.15, -0.1) is 0 Å². The van der Waals surface area contributed by atoms with Gasteiger partial charge in [-0.1, -0.05) is 6.92 Å². The van der Waals surface area contributed by atoms with Crippen molar-refractivity contribution >= 4 is 17.7 Å². The first-order chi connectivity index (χ1) is 6.60. The number of nitrogens with two attached hydrogens (primary N) is 1. The van der Waals surface area contributed by atoms with Gasteiger partial charge in [0.2, 0.25) is 0 Å². The number of carbonyl (C=O) groups excluding carboxylic acids is 2. The summed E-state index contributed by atoms with van der Waals surface area (Å²) in [5.74, 6) is -0.301. The lowest BCUT2D eigenvalue weighted by Crippen LogP contribution is -2.25. The quantitative estimate of drug-likeness (QED) is 0.382. The molecule has 0 rings (SSSR count). The van der Waals surface area contributed by atoms with Crippen LogP contribution < -0.4 is 11.2 Å². The zero-order valence-corrected chi connectivity index (χ0v) is 8.37. The van der Waals surface area contributed by atoms with Crippen LogP contribution in [-0.4, -0.2) is 24.8 Å². The van der Waals surface area contributed by atoms with E-state index < -0.39 is 6.03 Å². The van der Waals surface area contributed by atoms with Gasteiger partial charge in [0.25, 0.3) is 0 Å². The fourth-order valence-corrected chi connectivity index (χ4v) is 0.794. The van der Waals surface area contributed by atoms with Crippen LogP contribution in [0.25, 0.3) is 0 Å². The van der Waals surface area contributed by atoms with Crippen molar-refractivity contribution in [3.8, 4) is 0 Å². The van der Waals surface area contributed by atoms with Crippen molar-refractivity contribution in [2.24, 2.45) is 10.8 Å². The maximum Gasteiger partial charge on any atom is 0.332 e. The summed E-state index contributed by atoms with van der Waals surface area (Å²) >= 11 is 0. The number of nitrogens with one attached hydrogen (secondary N) is 1. The largest absolute Gasteiger partial charge is 0.469 e. The minimum Gasteiger partial charge on any atom is -0.469 e. The van der Waals surface area contributed by atoms with Gasteiger partial charge in [0.05, 0.1) is 13.5 Å². The summed E-state index contributed by atoms with van der Waals surface area (Å²) in [4.78, 5) is 21.1. The van der Waals surface area contributed by atoms with Crippen molar-refractivity contribution in [1.29, 1.82) is 0 Å². The summed E-state index contributed by atoms with van der Waals surface area (Å²) in [6.45, 7) is 1.87. The summed E-state index contributed by atoms with van der Waals surface area (Å²) < 4.78 is 4.46. The molecule has 0 aromatic heterocycles. The number of ether oxygens (including phenoxy) is 1. The second kappa shape index (κ2) is 6.88. The lowest BCUT2D eigenvalue weighted by molar-refractivity contribution is -0.140. The van der Waals surface area contributed by atoms with Crippen LogP contribution >= 0.6 is 0 Å². The standard InChI is InChI=1S/C8H15N3O3/c1-3-6(10-11-8(9)13)4-5-7(12)14-2/h3-5H2,1-2H3,(H3,9,11,13). The zero-order chi connectivity index (χ0) is 11.0. The Kier molecular flexibility index (Phi) is 6.09. The molecule has 80 valence electrons. The van der Waals surface area contributed by atoms with Crippen LogP contribution in [0.2, 0.25) is 0 Å². The summed E-state index contributed by atoms with van der Waals surface area (Å²) in [5, 5.41) is 3.73. The smallest absolute Gasteiger partial charge is 0.332 e. The molecule has 0 aromatic rings. The Morgan fingerprint density at radius 3 is 2.50 bits per heavy atom. The number of urea groups is 1. The molecule has 0 aliphatic carbocycles. The van der Waals surface area contributed by atoms with E-state index in [9.17, 15) is 9.59 Å². The average molecular weight is 201 g/mol. The molecule has 14 heavy (non-hydrogen) atoms. The fourth-order valence-electron chi connectivity index (χ4n) is 0.794. The van der Waals surface area contributed by atoms with Crippen LogP contribution in [0.4, 0.5) is 4.79 Å². The summed E-state index contributed by atoms with van der Waals surface area (Å²) in [6, 6.07) is -0.714. The van der Waals surface area contributed by atoms with Gasteiger partial charge in [0.15, 0.2) is 0 Å². The maximum atomic E-state index is 10.8. The van der Waals surface area contributed by atoms with Crippen molar-refractivity contribution in [3.05, 3.63) is 0 Å². The van der Waals surface area contributed by atoms with E-state index in [1.807, 2.05) is 6.92 Å². The van der Waals surface area contributed by atoms with Gasteiger partial charge in [0, 0.05) is 5.71 Å². The van der Waals surface area contributed by atoms with Crippen LogP contribution in [0.5, 0.6) is 0 Å². The molecule has 0 bridgehead atoms. The maximum absolute atomic E-state index is 10.8. The van der Waals surface area contributed by atoms with Gasteiger partial charge >= 0.3 is 12.0 Å². The van der Waals surface area contributed by atoms with E-state index in [4.69, 9.17) is 5.73 Å². The SMILES string of the molecule is CCC(CCC(=O)OC)=NNC(N)=O. The minimum absolute atomic E-state index is 0.254. The normalized spacial score (nSPS) is 10.9. The van der Waals surface area contributed by atoms with E-state index in [-0.39, 0.29) is 12.4 Å². The highest BCUT2D eigenvalue weighted by Gasteiger charge is 2.03. The first-order valence-corrected chi connectivity index (χ1v) is 4.27. The number of carbonyl (C=O) groups is 2. The number of primary amides is 1. The average Bonchev–Trinajstić information content (AvgIpc) is 2.17. The Hall–Kier alpha value is -1.59. The predicted octanol–water partition coefficient (Wildman–Crippen LogP) is 0.374. The number of rotatable bonds is 5. The minimum atomic E-state index is -0.714. The molecule has 0 aliphatic heterocycles. The van der Waals surface area contributed by atoms with E-state index in [2.05, 4.69) is 15.3 Å². The van der Waals surface area contributed by atoms with Crippen molar-refractivity contribution < 1.29 is 14.3 Å². The molecule has 0 spiro atoms. The van der Waals surface area contributed by atoms with Crippen LogP contribution in [-0.2, 0) is 9.53 Å². The third-order valence-electron chi connectivity index (χ3n) is 1.58. The van der Waals surface area contributed by atoms with Gasteiger partial charge < -0.3 is 10.5 Å². The Balaban J connectivity index is 3.96. The molecule has 0 radical (unpaired) electrons. The molecule has 3 N–H and O–H groups in total. The zero-order valence-electron chi connectivity index (χ0n) is 8.37. The van der Waals surface area contributed by atoms with Crippen LogP contribution in [0, 0.1) is 0 Å². The number of methoxy groups -OCH3 is 1. The van der Waals surface area contributed by atoms with E-state index in [0.29, 0.717) is 18.6 Å². The third kappa shape index (κ3) is 5.99. The monoisotopic (exact) mass is 201 g/mol. The molecule has 0 fully saturated rings. The number of hydrogen-bond acceptors (Lipinski definition) is 4. The molecule has 0 aliphatic rings. The highest BCUT2D eigenvalue weighted by Crippen LogP contribution is 1.98. The highest BCUT2D eigenvalue weighted by atomic mass is 16.5. The molecule has 0 heterocycles. The first-order valence-electron chi connectivity index (χ1n) is 4.27. The summed E-state index contributed by atoms with van der Waals surface area (Å²) in [7, 11) is 1.33. The number of hydrazone groups is 1. The van der Waals surface area contributed by atoms with E-state index in [0.717, 1.165) is 0 Å². The molecule has 0 saturated carbocycles. The lowest BCUT2D eigenvalue weighted by Gasteiger charge is -2.02. The fraction of sp³-hybridized carbons (Fsp3) is 0.625. The molecule has 6 nitrogen and oxygen atoms in total. The van der Waals surface area contributed by atoms with Crippen molar-refractivity contribution in [2.45, 2.75) is 26.2 Å². The molecular formula is C8H15N3O3. The molecule has 0 saturated heterocycles. The van der Waals surface area contributed by atoms with Crippen molar-refractivity contribution in [2.75, 3.05) is 7.11 Å². The Labute approximate surface area is 82.5 Å². The second-order valence-electron chi connectivity index (χ2n) is 2.58. The predicted molar refractivity (Wildman–Crippen MR) is 51.7 cm³/mol. The topological polar surface area (TPSA) is 93.8 Å². The number of amides is 2. The second-order valence-corrected chi connectivity index (χ2v) is 2.58. The van der Waals surface area contributed by atoms with E-state index in [1.165, 1.54) is 7.11 Å². The van der Waals surface area contributed by atoms with Gasteiger partial charge in [0.1, 0.15) is 0 Å². The van der Waals surface area contributed by atoms with Crippen LogP contribution in [0.3, 0.4) is 0 Å². The van der Waals surface area contributed by atoms with E-state index in [1.54, 1.807) is 0 Å². The molecule has 0 unspecified atom stereocenters. The molecular weight excluding hydrogens is 186 g/mol. The van der Waals surface area contributed by atoms with Crippen LogP contribution in [0.15, 0.2) is 5.10 Å². The van der Waals surface area contributed by atoms with Crippen molar-refractivity contribution in [3.63, 3.8) is 0 Å². The number of esters is 1. The lowest BCUT2D eigenvalue weighted by atomic mass is 10.2. The Morgan fingerprint density at radius 1 is 1.43 bits per heavy atom. The Morgan fingerprint density at radius 2 is 2.07 bits per heavy atom. The van der Waals surface area contributed by atoms with Gasteiger partial charge in [-0.3, -0.25) is 4.79 Å². The highest BCUT2D eigenvalue weighted by molar-refractivity contribution is 5.88. The van der Waals surface area contributed by atoms with Gasteiger partial charge in [-0.05, 0) is 12.8 Å². The summed E-state index contributed by atoms with van der Waals surface area (Å²) in [5.41, 5.74) is 7.64. The molecule has 0 aromatic carbocycles. The summed E-state index contributed by atoms with van der Waals surface area (Å²) in [6.07, 6.45) is 1.37. The van der Waals surface area contributed by atoms with Gasteiger partial charge in [-0.2, -0.15) is 5.10 Å². The molecule has 2 amide bonds. The van der Waals surface area contributed by atoms with E-state index >= 15 is 0 Å². The number of hydrogen-bond donors (Lipinski definition) is 2. The van der Waals surface area contributed by atoms with Gasteiger partial charge in [-0.25, -0.2) is 10.2 Å². The number of nitrogens with zero attached hydrogens (tertiary/aromatic N) is 1.